The Labute approximate surface area is 120 Å². The highest BCUT2D eigenvalue weighted by atomic mass is 32.1. The molecule has 0 saturated carbocycles. The predicted octanol–water partition coefficient (Wildman–Crippen LogP) is 1.18. The van der Waals surface area contributed by atoms with Crippen molar-refractivity contribution in [3.05, 3.63) is 21.9 Å². The van der Waals surface area contributed by atoms with E-state index in [9.17, 15) is 14.7 Å². The maximum absolute atomic E-state index is 12.5. The Morgan fingerprint density at radius 1 is 1.30 bits per heavy atom. The summed E-state index contributed by atoms with van der Waals surface area (Å²) in [7, 11) is 0. The summed E-state index contributed by atoms with van der Waals surface area (Å²) in [5, 5.41) is 11.4. The molecule has 7 heteroatoms. The van der Waals surface area contributed by atoms with Gasteiger partial charge in [0.2, 0.25) is 0 Å². The summed E-state index contributed by atoms with van der Waals surface area (Å²) in [6.07, 6.45) is 0.729. The van der Waals surface area contributed by atoms with E-state index in [0.717, 1.165) is 16.9 Å². The highest BCUT2D eigenvalue weighted by Crippen LogP contribution is 2.34. The molecule has 20 heavy (non-hydrogen) atoms. The maximum Gasteiger partial charge on any atom is 0.331 e. The van der Waals surface area contributed by atoms with Gasteiger partial charge in [-0.15, -0.1) is 11.3 Å². The number of hydrogen-bond donors (Lipinski definition) is 1. The summed E-state index contributed by atoms with van der Waals surface area (Å²) in [6.45, 7) is 2.54. The third-order valence-corrected chi connectivity index (χ3v) is 4.72. The molecule has 1 aromatic rings. The Hall–Kier alpha value is -1.60. The molecule has 1 unspecified atom stereocenters. The molecule has 1 N–H and O–H groups in total. The second-order valence-electron chi connectivity index (χ2n) is 4.87. The summed E-state index contributed by atoms with van der Waals surface area (Å²) in [4.78, 5) is 28.3. The van der Waals surface area contributed by atoms with E-state index >= 15 is 0 Å². The summed E-state index contributed by atoms with van der Waals surface area (Å²) in [5.74, 6) is -0.967. The third kappa shape index (κ3) is 2.27. The number of urea groups is 1. The first kappa shape index (κ1) is 13.4. The van der Waals surface area contributed by atoms with Crippen molar-refractivity contribution >= 4 is 23.3 Å². The standard InChI is InChI=1S/C13H16N2O4S/c16-12(17)11-9-2-8-20-10(9)1-3-15(11)13(18)14-4-6-19-7-5-14/h2,8,11H,1,3-7H2,(H,16,17). The molecule has 0 aromatic carbocycles. The number of carboxylic acid groups (broad SMARTS) is 1. The number of hydrogen-bond acceptors (Lipinski definition) is 4. The Kier molecular flexibility index (Phi) is 3.62. The molecule has 1 fully saturated rings. The van der Waals surface area contributed by atoms with Crippen LogP contribution >= 0.6 is 11.3 Å². The van der Waals surface area contributed by atoms with Gasteiger partial charge < -0.3 is 19.6 Å². The van der Waals surface area contributed by atoms with E-state index in [1.165, 1.54) is 4.90 Å². The molecular formula is C13H16N2O4S. The molecular weight excluding hydrogens is 280 g/mol. The number of thiophene rings is 1. The number of carboxylic acids is 1. The fraction of sp³-hybridized carbons (Fsp3) is 0.538. The Morgan fingerprint density at radius 3 is 2.75 bits per heavy atom. The number of nitrogens with zero attached hydrogens (tertiary/aromatic N) is 2. The van der Waals surface area contributed by atoms with E-state index in [0.29, 0.717) is 32.8 Å². The molecule has 3 heterocycles. The van der Waals surface area contributed by atoms with Crippen molar-refractivity contribution in [2.75, 3.05) is 32.8 Å². The van der Waals surface area contributed by atoms with Crippen molar-refractivity contribution in [1.29, 1.82) is 0 Å². The molecule has 1 aromatic heterocycles. The molecule has 0 spiro atoms. The smallest absolute Gasteiger partial charge is 0.331 e. The van der Waals surface area contributed by atoms with Gasteiger partial charge in [0.15, 0.2) is 6.04 Å². The molecule has 2 aliphatic rings. The van der Waals surface area contributed by atoms with Crippen molar-refractivity contribution in [3.8, 4) is 0 Å². The van der Waals surface area contributed by atoms with Crippen molar-refractivity contribution in [1.82, 2.24) is 9.80 Å². The number of ether oxygens (including phenoxy) is 1. The van der Waals surface area contributed by atoms with Gasteiger partial charge in [0, 0.05) is 24.5 Å². The van der Waals surface area contributed by atoms with Crippen molar-refractivity contribution in [2.45, 2.75) is 12.5 Å². The zero-order chi connectivity index (χ0) is 14.1. The second-order valence-corrected chi connectivity index (χ2v) is 5.87. The van der Waals surface area contributed by atoms with Gasteiger partial charge in [0.25, 0.3) is 0 Å². The average Bonchev–Trinajstić information content (AvgIpc) is 2.94. The quantitative estimate of drug-likeness (QED) is 0.845. The van der Waals surface area contributed by atoms with Crippen molar-refractivity contribution in [3.63, 3.8) is 0 Å². The first-order valence-electron chi connectivity index (χ1n) is 6.61. The van der Waals surface area contributed by atoms with E-state index < -0.39 is 12.0 Å². The highest BCUT2D eigenvalue weighted by molar-refractivity contribution is 7.10. The first-order valence-corrected chi connectivity index (χ1v) is 7.49. The minimum absolute atomic E-state index is 0.197. The van der Waals surface area contributed by atoms with Crippen LogP contribution in [0.25, 0.3) is 0 Å². The van der Waals surface area contributed by atoms with Crippen LogP contribution in [-0.4, -0.2) is 59.8 Å². The third-order valence-electron chi connectivity index (χ3n) is 3.73. The Balaban J connectivity index is 1.85. The van der Waals surface area contributed by atoms with E-state index in [1.807, 2.05) is 11.4 Å². The van der Waals surface area contributed by atoms with E-state index in [-0.39, 0.29) is 6.03 Å². The van der Waals surface area contributed by atoms with Crippen molar-refractivity contribution in [2.24, 2.45) is 0 Å². The average molecular weight is 296 g/mol. The van der Waals surface area contributed by atoms with Gasteiger partial charge in [0.05, 0.1) is 13.2 Å². The summed E-state index contributed by atoms with van der Waals surface area (Å²) in [6, 6.07) is 0.760. The molecule has 1 atom stereocenters. The molecule has 0 aliphatic carbocycles. The molecule has 1 saturated heterocycles. The van der Waals surface area contributed by atoms with Crippen LogP contribution in [0, 0.1) is 0 Å². The zero-order valence-electron chi connectivity index (χ0n) is 10.9. The molecule has 6 nitrogen and oxygen atoms in total. The number of aliphatic carboxylic acids is 1. The fourth-order valence-electron chi connectivity index (χ4n) is 2.73. The molecule has 0 bridgehead atoms. The molecule has 0 radical (unpaired) electrons. The molecule has 3 rings (SSSR count). The van der Waals surface area contributed by atoms with Gasteiger partial charge >= 0.3 is 12.0 Å². The lowest BCUT2D eigenvalue weighted by atomic mass is 10.0. The SMILES string of the molecule is O=C(O)C1c2ccsc2CCN1C(=O)N1CCOCC1. The van der Waals surface area contributed by atoms with Crippen molar-refractivity contribution < 1.29 is 19.4 Å². The van der Waals surface area contributed by atoms with Gasteiger partial charge in [-0.2, -0.15) is 0 Å². The summed E-state index contributed by atoms with van der Waals surface area (Å²) in [5.41, 5.74) is 0.760. The lowest BCUT2D eigenvalue weighted by Gasteiger charge is -2.38. The van der Waals surface area contributed by atoms with Gasteiger partial charge in [-0.05, 0) is 23.4 Å². The number of carbonyl (C=O) groups is 2. The largest absolute Gasteiger partial charge is 0.479 e. The number of rotatable bonds is 1. The zero-order valence-corrected chi connectivity index (χ0v) is 11.8. The van der Waals surface area contributed by atoms with Gasteiger partial charge in [-0.1, -0.05) is 0 Å². The normalized spacial score (nSPS) is 22.5. The fourth-order valence-corrected chi connectivity index (χ4v) is 3.63. The van der Waals surface area contributed by atoms with Crippen LogP contribution in [0.3, 0.4) is 0 Å². The highest BCUT2D eigenvalue weighted by Gasteiger charge is 2.38. The predicted molar refractivity (Wildman–Crippen MR) is 72.9 cm³/mol. The van der Waals surface area contributed by atoms with Gasteiger partial charge in [0.1, 0.15) is 0 Å². The van der Waals surface area contributed by atoms with Crippen LogP contribution in [0.1, 0.15) is 16.5 Å². The number of fused-ring (bicyclic) bond motifs is 1. The van der Waals surface area contributed by atoms with Gasteiger partial charge in [-0.3, -0.25) is 0 Å². The first-order chi connectivity index (χ1) is 9.68. The second kappa shape index (κ2) is 5.41. The number of carbonyl (C=O) groups excluding carboxylic acids is 1. The van der Waals surface area contributed by atoms with Crippen LogP contribution < -0.4 is 0 Å². The van der Waals surface area contributed by atoms with Crippen LogP contribution in [0.15, 0.2) is 11.4 Å². The number of morpholine rings is 1. The summed E-state index contributed by atoms with van der Waals surface area (Å²) >= 11 is 1.56. The summed E-state index contributed by atoms with van der Waals surface area (Å²) < 4.78 is 5.23. The van der Waals surface area contributed by atoms with E-state index in [4.69, 9.17) is 4.74 Å². The topological polar surface area (TPSA) is 70.1 Å². The molecule has 2 aliphatic heterocycles. The monoisotopic (exact) mass is 296 g/mol. The number of amides is 2. The molecule has 108 valence electrons. The minimum atomic E-state index is -0.967. The van der Waals surface area contributed by atoms with Crippen LogP contribution in [0.2, 0.25) is 0 Å². The molecule has 2 amide bonds. The maximum atomic E-state index is 12.5. The van der Waals surface area contributed by atoms with Gasteiger partial charge in [-0.25, -0.2) is 9.59 Å². The van der Waals surface area contributed by atoms with Crippen LogP contribution in [0.4, 0.5) is 4.79 Å². The van der Waals surface area contributed by atoms with E-state index in [1.54, 1.807) is 16.2 Å². The minimum Gasteiger partial charge on any atom is -0.479 e. The van der Waals surface area contributed by atoms with Crippen LogP contribution in [0.5, 0.6) is 0 Å². The Morgan fingerprint density at radius 2 is 2.05 bits per heavy atom. The van der Waals surface area contributed by atoms with E-state index in [2.05, 4.69) is 0 Å². The Bertz CT molecular complexity index is 524. The lowest BCUT2D eigenvalue weighted by Crippen LogP contribution is -2.52. The lowest BCUT2D eigenvalue weighted by molar-refractivity contribution is -0.143. The van der Waals surface area contributed by atoms with Crippen LogP contribution in [-0.2, 0) is 16.0 Å².